The van der Waals surface area contributed by atoms with Crippen molar-refractivity contribution in [2.24, 2.45) is 5.73 Å². The number of nitrogens with zero attached hydrogens (tertiary/aromatic N) is 1. The quantitative estimate of drug-likeness (QED) is 0.724. The average molecular weight is 192 g/mol. The number of sulfone groups is 1. The Kier molecular flexibility index (Phi) is 2.58. The van der Waals surface area contributed by atoms with Gasteiger partial charge in [-0.1, -0.05) is 0 Å². The molecule has 0 unspecified atom stereocenters. The van der Waals surface area contributed by atoms with Gasteiger partial charge in [-0.05, 0) is 0 Å². The molecule has 0 aliphatic heterocycles. The summed E-state index contributed by atoms with van der Waals surface area (Å²) in [5.41, 5.74) is 5.12. The molecule has 1 aromatic heterocycles. The normalized spacial score (nSPS) is 11.7. The van der Waals surface area contributed by atoms with Gasteiger partial charge < -0.3 is 5.73 Å². The molecule has 1 heterocycles. The Morgan fingerprint density at radius 3 is 2.82 bits per heavy atom. The van der Waals surface area contributed by atoms with Gasteiger partial charge in [-0.25, -0.2) is 13.4 Å². The monoisotopic (exact) mass is 192 g/mol. The molecule has 11 heavy (non-hydrogen) atoms. The van der Waals surface area contributed by atoms with Crippen LogP contribution in [-0.4, -0.2) is 25.7 Å². The van der Waals surface area contributed by atoms with Crippen LogP contribution in [-0.2, 0) is 9.84 Å². The first kappa shape index (κ1) is 8.63. The van der Waals surface area contributed by atoms with Crippen LogP contribution in [0.1, 0.15) is 0 Å². The number of hydrogen-bond donors (Lipinski definition) is 1. The highest BCUT2D eigenvalue weighted by molar-refractivity contribution is 7.93. The number of hydrogen-bond acceptors (Lipinski definition) is 5. The standard InChI is InChI=1S/C5H8N2O2S2/c6-1-4-11(8,9)5-7-2-3-10-5/h2-3H,1,4,6H2. The van der Waals surface area contributed by atoms with Crippen LogP contribution in [0.25, 0.3) is 0 Å². The van der Waals surface area contributed by atoms with Gasteiger partial charge in [-0.3, -0.25) is 0 Å². The van der Waals surface area contributed by atoms with E-state index in [0.29, 0.717) is 0 Å². The Morgan fingerprint density at radius 2 is 2.36 bits per heavy atom. The maximum absolute atomic E-state index is 11.2. The zero-order valence-corrected chi connectivity index (χ0v) is 7.36. The fourth-order valence-corrected chi connectivity index (χ4v) is 2.68. The first-order valence-electron chi connectivity index (χ1n) is 2.99. The van der Waals surface area contributed by atoms with Crippen LogP contribution in [0.4, 0.5) is 0 Å². The lowest BCUT2D eigenvalue weighted by molar-refractivity contribution is 0.595. The molecule has 0 aliphatic rings. The molecular formula is C5H8N2O2S2. The molecule has 0 aliphatic carbocycles. The van der Waals surface area contributed by atoms with Crippen LogP contribution in [0.2, 0.25) is 0 Å². The molecule has 0 amide bonds. The molecule has 2 N–H and O–H groups in total. The highest BCUT2D eigenvalue weighted by atomic mass is 32.2. The lowest BCUT2D eigenvalue weighted by atomic mass is 10.8. The second kappa shape index (κ2) is 3.29. The molecule has 0 fully saturated rings. The molecule has 0 saturated heterocycles. The van der Waals surface area contributed by atoms with Crippen molar-refractivity contribution in [3.63, 3.8) is 0 Å². The van der Waals surface area contributed by atoms with Crippen molar-refractivity contribution in [2.45, 2.75) is 4.34 Å². The highest BCUT2D eigenvalue weighted by Gasteiger charge is 2.15. The maximum Gasteiger partial charge on any atom is 0.209 e. The summed E-state index contributed by atoms with van der Waals surface area (Å²) in [6.07, 6.45) is 1.47. The summed E-state index contributed by atoms with van der Waals surface area (Å²) >= 11 is 1.12. The van der Waals surface area contributed by atoms with Crippen molar-refractivity contribution in [2.75, 3.05) is 12.3 Å². The Balaban J connectivity index is 2.92. The molecule has 0 aromatic carbocycles. The van der Waals surface area contributed by atoms with Crippen LogP contribution in [0, 0.1) is 0 Å². The molecule has 0 saturated carbocycles. The third-order valence-electron chi connectivity index (χ3n) is 1.06. The number of aromatic nitrogens is 1. The second-order valence-electron chi connectivity index (χ2n) is 1.91. The Labute approximate surface area is 69.0 Å². The van der Waals surface area contributed by atoms with Gasteiger partial charge in [0.1, 0.15) is 0 Å². The molecule has 4 nitrogen and oxygen atoms in total. The van der Waals surface area contributed by atoms with Crippen LogP contribution in [0.15, 0.2) is 15.9 Å². The second-order valence-corrected chi connectivity index (χ2v) is 5.08. The molecule has 62 valence electrons. The minimum absolute atomic E-state index is 0.0273. The van der Waals surface area contributed by atoms with Gasteiger partial charge in [-0.2, -0.15) is 0 Å². The van der Waals surface area contributed by atoms with Gasteiger partial charge in [-0.15, -0.1) is 11.3 Å². The van der Waals surface area contributed by atoms with Gasteiger partial charge in [0.25, 0.3) is 0 Å². The highest BCUT2D eigenvalue weighted by Crippen LogP contribution is 2.12. The van der Waals surface area contributed by atoms with Crippen molar-refractivity contribution >= 4 is 21.2 Å². The van der Waals surface area contributed by atoms with Crippen molar-refractivity contribution in [1.82, 2.24) is 4.98 Å². The zero-order chi connectivity index (χ0) is 8.32. The summed E-state index contributed by atoms with van der Waals surface area (Å²) in [7, 11) is -3.18. The molecule has 0 spiro atoms. The molecule has 1 aromatic rings. The largest absolute Gasteiger partial charge is 0.329 e. The van der Waals surface area contributed by atoms with Crippen LogP contribution in [0.5, 0.6) is 0 Å². The van der Waals surface area contributed by atoms with Crippen LogP contribution in [0.3, 0.4) is 0 Å². The van der Waals surface area contributed by atoms with E-state index in [9.17, 15) is 8.42 Å². The first-order valence-corrected chi connectivity index (χ1v) is 5.52. The number of nitrogens with two attached hydrogens (primary N) is 1. The van der Waals surface area contributed by atoms with Gasteiger partial charge in [0.2, 0.25) is 14.2 Å². The minimum Gasteiger partial charge on any atom is -0.329 e. The van der Waals surface area contributed by atoms with E-state index in [0.717, 1.165) is 11.3 Å². The smallest absolute Gasteiger partial charge is 0.209 e. The topological polar surface area (TPSA) is 73.1 Å². The van der Waals surface area contributed by atoms with E-state index in [4.69, 9.17) is 5.73 Å². The number of thiazole rings is 1. The lowest BCUT2D eigenvalue weighted by Gasteiger charge is -1.94. The summed E-state index contributed by atoms with van der Waals surface area (Å²) in [5.74, 6) is -0.0273. The van der Waals surface area contributed by atoms with Crippen molar-refractivity contribution in [3.05, 3.63) is 11.6 Å². The van der Waals surface area contributed by atoms with E-state index >= 15 is 0 Å². The van der Waals surface area contributed by atoms with E-state index in [1.165, 1.54) is 6.20 Å². The van der Waals surface area contributed by atoms with Crippen LogP contribution < -0.4 is 5.73 Å². The number of rotatable bonds is 3. The molecule has 0 radical (unpaired) electrons. The van der Waals surface area contributed by atoms with Gasteiger partial charge >= 0.3 is 0 Å². The molecule has 0 atom stereocenters. The fraction of sp³-hybridized carbons (Fsp3) is 0.400. The summed E-state index contributed by atoms with van der Waals surface area (Å²) in [6.45, 7) is 0.141. The Bertz CT molecular complexity index is 303. The van der Waals surface area contributed by atoms with E-state index in [1.54, 1.807) is 5.38 Å². The van der Waals surface area contributed by atoms with Gasteiger partial charge in [0, 0.05) is 18.1 Å². The predicted molar refractivity (Wildman–Crippen MR) is 43.2 cm³/mol. The molecule has 0 bridgehead atoms. The summed E-state index contributed by atoms with van der Waals surface area (Å²) in [4.78, 5) is 3.68. The van der Waals surface area contributed by atoms with Gasteiger partial charge in [0.15, 0.2) is 0 Å². The summed E-state index contributed by atoms with van der Waals surface area (Å²) < 4.78 is 22.5. The molecular weight excluding hydrogens is 184 g/mol. The third kappa shape index (κ3) is 1.98. The van der Waals surface area contributed by atoms with Crippen molar-refractivity contribution in [1.29, 1.82) is 0 Å². The minimum atomic E-state index is -3.18. The van der Waals surface area contributed by atoms with Crippen LogP contribution >= 0.6 is 11.3 Å². The van der Waals surface area contributed by atoms with Gasteiger partial charge in [0.05, 0.1) is 5.75 Å². The van der Waals surface area contributed by atoms with E-state index in [-0.39, 0.29) is 16.6 Å². The Hall–Kier alpha value is -0.460. The maximum atomic E-state index is 11.2. The lowest BCUT2D eigenvalue weighted by Crippen LogP contribution is -2.15. The van der Waals surface area contributed by atoms with E-state index in [2.05, 4.69) is 4.98 Å². The average Bonchev–Trinajstić information content (AvgIpc) is 2.37. The SMILES string of the molecule is NCCS(=O)(=O)c1nccs1. The molecule has 6 heteroatoms. The molecule has 1 rings (SSSR count). The van der Waals surface area contributed by atoms with Crippen molar-refractivity contribution in [3.8, 4) is 0 Å². The Morgan fingerprint density at radius 1 is 1.64 bits per heavy atom. The first-order chi connectivity index (χ1) is 5.17. The fourth-order valence-electron chi connectivity index (χ4n) is 0.606. The van der Waals surface area contributed by atoms with E-state index in [1.807, 2.05) is 0 Å². The van der Waals surface area contributed by atoms with E-state index < -0.39 is 9.84 Å². The zero-order valence-electron chi connectivity index (χ0n) is 5.73. The third-order valence-corrected chi connectivity index (χ3v) is 4.09. The summed E-state index contributed by atoms with van der Waals surface area (Å²) in [6, 6.07) is 0. The predicted octanol–water partition coefficient (Wildman–Crippen LogP) is -0.124. The summed E-state index contributed by atoms with van der Waals surface area (Å²) in [5, 5.41) is 1.63. The van der Waals surface area contributed by atoms with Crippen molar-refractivity contribution < 1.29 is 8.42 Å².